The molecule has 0 aromatic carbocycles. The number of rotatable bonds is 8. The quantitative estimate of drug-likeness (QED) is 0.391. The van der Waals surface area contributed by atoms with E-state index in [0.29, 0.717) is 21.8 Å². The van der Waals surface area contributed by atoms with Gasteiger partial charge in [-0.1, -0.05) is 20.1 Å². The summed E-state index contributed by atoms with van der Waals surface area (Å²) in [5.74, 6) is 1.25. The molecule has 0 aliphatic rings. The Morgan fingerprint density at radius 2 is 1.37 bits per heavy atom. The molecule has 0 saturated heterocycles. The van der Waals surface area contributed by atoms with Gasteiger partial charge in [0, 0.05) is 6.42 Å². The Bertz CT molecular complexity index is 324. The lowest BCUT2D eigenvalue weighted by molar-refractivity contribution is -0.0536. The van der Waals surface area contributed by atoms with Gasteiger partial charge in [0.05, 0.1) is 16.0 Å². The average Bonchev–Trinajstić information content (AvgIpc) is 2.11. The first-order chi connectivity index (χ1) is 8.29. The van der Waals surface area contributed by atoms with Gasteiger partial charge in [0.15, 0.2) is 22.0 Å². The summed E-state index contributed by atoms with van der Waals surface area (Å²) >= 11 is 0. The van der Waals surface area contributed by atoms with E-state index in [1.807, 2.05) is 6.92 Å². The van der Waals surface area contributed by atoms with Crippen LogP contribution in [0, 0.1) is 0 Å². The molecule has 0 atom stereocenters. The van der Waals surface area contributed by atoms with Gasteiger partial charge in [0.2, 0.25) is 0 Å². The van der Waals surface area contributed by atoms with Crippen molar-refractivity contribution in [3.8, 4) is 0 Å². The fourth-order valence-electron chi connectivity index (χ4n) is 1.64. The monoisotopic (exact) mass is 318 g/mol. The highest BCUT2D eigenvalue weighted by Crippen LogP contribution is 2.29. The summed E-state index contributed by atoms with van der Waals surface area (Å²) in [4.78, 5) is 0. The van der Waals surface area contributed by atoms with Gasteiger partial charge in [0.1, 0.15) is 5.76 Å². The van der Waals surface area contributed by atoms with Crippen LogP contribution in [0.5, 0.6) is 0 Å². The zero-order valence-electron chi connectivity index (χ0n) is 13.8. The fraction of sp³-hybridized carbons (Fsp3) is 0.692. The lowest BCUT2D eigenvalue weighted by atomic mass is 10.4. The van der Waals surface area contributed by atoms with Crippen LogP contribution in [0.15, 0.2) is 24.7 Å². The van der Waals surface area contributed by atoms with Crippen molar-refractivity contribution in [1.82, 2.24) is 0 Å². The van der Waals surface area contributed by atoms with Crippen LogP contribution in [-0.2, 0) is 13.6 Å². The van der Waals surface area contributed by atoms with Gasteiger partial charge in [-0.3, -0.25) is 0 Å². The van der Waals surface area contributed by atoms with Crippen LogP contribution in [0.3, 0.4) is 0 Å². The smallest absolute Gasteiger partial charge is 0.187 e. The summed E-state index contributed by atoms with van der Waals surface area (Å²) in [5.41, 5.74) is -0.757. The van der Waals surface area contributed by atoms with Crippen LogP contribution < -0.4 is 0 Å². The molecule has 0 saturated carbocycles. The second-order valence-corrected chi connectivity index (χ2v) is 17.0. The van der Waals surface area contributed by atoms with Gasteiger partial charge in [-0.25, -0.2) is 0 Å². The maximum Gasteiger partial charge on any atom is 0.187 e. The van der Waals surface area contributed by atoms with Crippen LogP contribution in [0.1, 0.15) is 13.3 Å². The third-order valence-corrected chi connectivity index (χ3v) is 5.96. The SMILES string of the molecule is C=C(CC)OC(=C)C([SiH3])(O[Si](C)(C)C)O[Si](C)(C)C. The Balaban J connectivity index is 5.15. The molecule has 3 nitrogen and oxygen atoms in total. The Hall–Kier alpha value is -0.149. The largest absolute Gasteiger partial charge is 0.462 e. The normalized spacial score (nSPS) is 13.4. The van der Waals surface area contributed by atoms with E-state index in [1.54, 1.807) is 0 Å². The molecule has 0 radical (unpaired) electrons. The van der Waals surface area contributed by atoms with Crippen molar-refractivity contribution < 1.29 is 13.6 Å². The first kappa shape index (κ1) is 18.9. The minimum absolute atomic E-state index is 0.552. The molecule has 0 amide bonds. The van der Waals surface area contributed by atoms with E-state index in [0.717, 1.165) is 6.42 Å². The molecule has 0 aliphatic heterocycles. The number of allylic oxidation sites excluding steroid dienone is 1. The summed E-state index contributed by atoms with van der Waals surface area (Å²) in [7, 11) is -2.83. The Morgan fingerprint density at radius 1 is 1.00 bits per heavy atom. The maximum absolute atomic E-state index is 6.26. The third-order valence-electron chi connectivity index (χ3n) is 2.17. The van der Waals surface area contributed by atoms with Crippen molar-refractivity contribution in [2.24, 2.45) is 0 Å². The van der Waals surface area contributed by atoms with Crippen molar-refractivity contribution in [1.29, 1.82) is 0 Å². The first-order valence-electron chi connectivity index (χ1n) is 6.74. The molecule has 112 valence electrons. The number of hydrogen-bond donors (Lipinski definition) is 0. The molecule has 0 aliphatic carbocycles. The molecule has 0 unspecified atom stereocenters. The predicted octanol–water partition coefficient (Wildman–Crippen LogP) is 3.16. The van der Waals surface area contributed by atoms with Crippen molar-refractivity contribution in [2.75, 3.05) is 0 Å². The predicted molar refractivity (Wildman–Crippen MR) is 91.2 cm³/mol. The third kappa shape index (κ3) is 7.88. The fourth-order valence-corrected chi connectivity index (χ4v) is 8.15. The molecular formula is C13H30O3Si3. The van der Waals surface area contributed by atoms with Crippen molar-refractivity contribution in [2.45, 2.75) is 58.0 Å². The van der Waals surface area contributed by atoms with Crippen LogP contribution in [0.2, 0.25) is 39.3 Å². The molecule has 0 bridgehead atoms. The molecule has 0 aromatic heterocycles. The highest BCUT2D eigenvalue weighted by atomic mass is 28.4. The summed E-state index contributed by atoms with van der Waals surface area (Å²) in [6, 6.07) is 0. The van der Waals surface area contributed by atoms with Gasteiger partial charge < -0.3 is 13.6 Å². The minimum Gasteiger partial charge on any atom is -0.462 e. The van der Waals surface area contributed by atoms with E-state index in [2.05, 4.69) is 52.4 Å². The van der Waals surface area contributed by atoms with E-state index in [4.69, 9.17) is 13.6 Å². The molecule has 0 fully saturated rings. The Labute approximate surface area is 123 Å². The van der Waals surface area contributed by atoms with Crippen LogP contribution in [0.25, 0.3) is 0 Å². The second kappa shape index (κ2) is 6.53. The lowest BCUT2D eigenvalue weighted by Crippen LogP contribution is -2.52. The zero-order valence-corrected chi connectivity index (χ0v) is 17.8. The number of hydrogen-bond acceptors (Lipinski definition) is 3. The van der Waals surface area contributed by atoms with Crippen LogP contribution in [0.4, 0.5) is 0 Å². The summed E-state index contributed by atoms with van der Waals surface area (Å²) < 4.78 is 18.2. The summed E-state index contributed by atoms with van der Waals surface area (Å²) in [6.07, 6.45) is 0.760. The molecule has 6 heteroatoms. The van der Waals surface area contributed by atoms with E-state index in [-0.39, 0.29) is 0 Å². The van der Waals surface area contributed by atoms with Gasteiger partial charge in [-0.15, -0.1) is 0 Å². The van der Waals surface area contributed by atoms with E-state index in [1.165, 1.54) is 0 Å². The van der Waals surface area contributed by atoms with Gasteiger partial charge >= 0.3 is 0 Å². The maximum atomic E-state index is 6.26. The lowest BCUT2D eigenvalue weighted by Gasteiger charge is -2.41. The van der Waals surface area contributed by atoms with Crippen molar-refractivity contribution in [3.63, 3.8) is 0 Å². The van der Waals surface area contributed by atoms with Gasteiger partial charge in [-0.2, -0.15) is 0 Å². The molecule has 0 rings (SSSR count). The Morgan fingerprint density at radius 3 is 1.63 bits per heavy atom. The minimum atomic E-state index is -1.75. The van der Waals surface area contributed by atoms with Crippen LogP contribution in [-0.4, -0.2) is 32.3 Å². The molecule has 0 spiro atoms. The molecule has 0 aromatic rings. The van der Waals surface area contributed by atoms with Gasteiger partial charge in [0.25, 0.3) is 0 Å². The van der Waals surface area contributed by atoms with Crippen molar-refractivity contribution >= 4 is 26.9 Å². The topological polar surface area (TPSA) is 27.7 Å². The summed E-state index contributed by atoms with van der Waals surface area (Å²) in [6.45, 7) is 22.8. The molecule has 0 N–H and O–H groups in total. The first-order valence-corrected chi connectivity index (χ1v) is 14.6. The van der Waals surface area contributed by atoms with Gasteiger partial charge in [-0.05, 0) is 39.3 Å². The standard InChI is InChI=1S/C13H30O3Si3/c1-10-11(2)14-12(3)13(17,15-18(4,5)6)16-19(7,8)9/h2-3,10H2,1,4-9,17H3. The zero-order chi connectivity index (χ0) is 15.5. The molecule has 0 heterocycles. The highest BCUT2D eigenvalue weighted by molar-refractivity contribution is 6.71. The van der Waals surface area contributed by atoms with Crippen LogP contribution >= 0.6 is 0 Å². The highest BCUT2D eigenvalue weighted by Gasteiger charge is 2.40. The van der Waals surface area contributed by atoms with E-state index in [9.17, 15) is 0 Å². The van der Waals surface area contributed by atoms with E-state index < -0.39 is 22.0 Å². The number of ether oxygens (including phenoxy) is 1. The molecule has 19 heavy (non-hydrogen) atoms. The summed E-state index contributed by atoms with van der Waals surface area (Å²) in [5, 5.41) is 0. The van der Waals surface area contributed by atoms with Crippen molar-refractivity contribution in [3.05, 3.63) is 24.7 Å². The second-order valence-electron chi connectivity index (χ2n) is 6.79. The molecular weight excluding hydrogens is 288 g/mol. The average molecular weight is 319 g/mol. The van der Waals surface area contributed by atoms with E-state index >= 15 is 0 Å². The Kier molecular flexibility index (Phi) is 6.48.